The quantitative estimate of drug-likeness (QED) is 0.873. The van der Waals surface area contributed by atoms with E-state index >= 15 is 0 Å². The molecule has 1 fully saturated rings. The van der Waals surface area contributed by atoms with E-state index in [1.165, 1.54) is 0 Å². The van der Waals surface area contributed by atoms with Crippen molar-refractivity contribution in [1.82, 2.24) is 10.2 Å². The number of piperazine rings is 1. The Morgan fingerprint density at radius 1 is 1.39 bits per heavy atom. The van der Waals surface area contributed by atoms with Gasteiger partial charge in [-0.05, 0) is 31.5 Å². The second-order valence-electron chi connectivity index (χ2n) is 4.65. The molecule has 0 aromatic heterocycles. The highest BCUT2D eigenvalue weighted by Gasteiger charge is 2.23. The number of ether oxygens (including phenoxy) is 1. The molecular formula is C14H20N2O2. The highest BCUT2D eigenvalue weighted by Crippen LogP contribution is 2.15. The summed E-state index contributed by atoms with van der Waals surface area (Å²) in [5, 5.41) is 3.23. The fourth-order valence-corrected chi connectivity index (χ4v) is 2.09. The molecule has 0 unspecified atom stereocenters. The molecule has 0 spiro atoms. The van der Waals surface area contributed by atoms with Crippen LogP contribution < -0.4 is 10.1 Å². The van der Waals surface area contributed by atoms with Crippen LogP contribution in [0.25, 0.3) is 0 Å². The first kappa shape index (κ1) is 12.9. The molecule has 1 aromatic carbocycles. The summed E-state index contributed by atoms with van der Waals surface area (Å²) >= 11 is 0. The number of benzene rings is 1. The second kappa shape index (κ2) is 5.87. The average Bonchev–Trinajstić information content (AvgIpc) is 2.39. The van der Waals surface area contributed by atoms with E-state index in [9.17, 15) is 4.79 Å². The molecule has 1 aliphatic rings. The monoisotopic (exact) mass is 248 g/mol. The number of carbonyl (C=O) groups is 1. The standard InChI is InChI=1S/C14H20N2O2/c1-11-4-3-5-13(10-11)18-12(2)14(17)16-8-6-15-7-9-16/h3-5,10,12,15H,6-9H2,1-2H3/t12-/m1/s1. The maximum atomic E-state index is 12.2. The molecule has 0 radical (unpaired) electrons. The predicted molar refractivity (Wildman–Crippen MR) is 70.7 cm³/mol. The number of nitrogens with zero attached hydrogens (tertiary/aromatic N) is 1. The van der Waals surface area contributed by atoms with E-state index in [1.54, 1.807) is 0 Å². The fraction of sp³-hybridized carbons (Fsp3) is 0.500. The van der Waals surface area contributed by atoms with Gasteiger partial charge in [-0.15, -0.1) is 0 Å². The van der Waals surface area contributed by atoms with Crippen LogP contribution in [0, 0.1) is 6.92 Å². The Kier molecular flexibility index (Phi) is 4.20. The van der Waals surface area contributed by atoms with Crippen molar-refractivity contribution in [3.05, 3.63) is 29.8 Å². The van der Waals surface area contributed by atoms with E-state index in [-0.39, 0.29) is 5.91 Å². The SMILES string of the molecule is Cc1cccc(O[C@H](C)C(=O)N2CCNCC2)c1. The lowest BCUT2D eigenvalue weighted by atomic mass is 10.2. The minimum atomic E-state index is -0.426. The Hall–Kier alpha value is -1.55. The summed E-state index contributed by atoms with van der Waals surface area (Å²) in [5.74, 6) is 0.823. The lowest BCUT2D eigenvalue weighted by Gasteiger charge is -2.29. The van der Waals surface area contributed by atoms with Crippen molar-refractivity contribution in [2.45, 2.75) is 20.0 Å². The zero-order valence-electron chi connectivity index (χ0n) is 11.0. The Bertz CT molecular complexity index is 414. The van der Waals surface area contributed by atoms with Crippen LogP contribution in [0.15, 0.2) is 24.3 Å². The van der Waals surface area contributed by atoms with Gasteiger partial charge in [-0.25, -0.2) is 0 Å². The molecule has 1 saturated heterocycles. The third-order valence-corrected chi connectivity index (χ3v) is 3.08. The molecule has 1 heterocycles. The summed E-state index contributed by atoms with van der Waals surface area (Å²) < 4.78 is 5.70. The average molecular weight is 248 g/mol. The van der Waals surface area contributed by atoms with Gasteiger partial charge in [0.25, 0.3) is 5.91 Å². The number of rotatable bonds is 3. The van der Waals surface area contributed by atoms with Crippen molar-refractivity contribution in [2.75, 3.05) is 26.2 Å². The second-order valence-corrected chi connectivity index (χ2v) is 4.65. The molecule has 1 aromatic rings. The van der Waals surface area contributed by atoms with Gasteiger partial charge in [0, 0.05) is 26.2 Å². The van der Waals surface area contributed by atoms with Gasteiger partial charge in [0.1, 0.15) is 5.75 Å². The van der Waals surface area contributed by atoms with E-state index in [0.29, 0.717) is 0 Å². The molecule has 1 aliphatic heterocycles. The van der Waals surface area contributed by atoms with E-state index in [2.05, 4.69) is 5.32 Å². The van der Waals surface area contributed by atoms with Gasteiger partial charge in [-0.1, -0.05) is 12.1 Å². The molecule has 0 aliphatic carbocycles. The van der Waals surface area contributed by atoms with Crippen LogP contribution in [-0.4, -0.2) is 43.1 Å². The lowest BCUT2D eigenvalue weighted by Crippen LogP contribution is -2.50. The number of amides is 1. The van der Waals surface area contributed by atoms with Crippen molar-refractivity contribution in [3.63, 3.8) is 0 Å². The molecule has 4 heteroatoms. The van der Waals surface area contributed by atoms with Gasteiger partial charge < -0.3 is 15.0 Å². The molecule has 1 amide bonds. The van der Waals surface area contributed by atoms with E-state index in [4.69, 9.17) is 4.74 Å². The molecular weight excluding hydrogens is 228 g/mol. The van der Waals surface area contributed by atoms with Crippen molar-refractivity contribution in [3.8, 4) is 5.75 Å². The van der Waals surface area contributed by atoms with Gasteiger partial charge in [-0.3, -0.25) is 4.79 Å². The van der Waals surface area contributed by atoms with Crippen molar-refractivity contribution in [2.24, 2.45) is 0 Å². The molecule has 0 saturated carbocycles. The van der Waals surface area contributed by atoms with E-state index < -0.39 is 6.10 Å². The zero-order chi connectivity index (χ0) is 13.0. The summed E-state index contributed by atoms with van der Waals surface area (Å²) in [6.07, 6.45) is -0.426. The molecule has 4 nitrogen and oxygen atoms in total. The summed E-state index contributed by atoms with van der Waals surface area (Å²) in [6, 6.07) is 7.78. The predicted octanol–water partition coefficient (Wildman–Crippen LogP) is 1.19. The van der Waals surface area contributed by atoms with Crippen LogP contribution in [0.4, 0.5) is 0 Å². The first-order valence-corrected chi connectivity index (χ1v) is 6.39. The van der Waals surface area contributed by atoms with Crippen molar-refractivity contribution < 1.29 is 9.53 Å². The molecule has 2 rings (SSSR count). The number of nitrogens with one attached hydrogen (secondary N) is 1. The van der Waals surface area contributed by atoms with Crippen molar-refractivity contribution >= 4 is 5.91 Å². The highest BCUT2D eigenvalue weighted by molar-refractivity contribution is 5.81. The van der Waals surface area contributed by atoms with Crippen LogP contribution >= 0.6 is 0 Å². The minimum Gasteiger partial charge on any atom is -0.481 e. The van der Waals surface area contributed by atoms with E-state index in [0.717, 1.165) is 37.5 Å². The minimum absolute atomic E-state index is 0.0676. The largest absolute Gasteiger partial charge is 0.481 e. The fourth-order valence-electron chi connectivity index (χ4n) is 2.09. The summed E-state index contributed by atoms with van der Waals surface area (Å²) in [4.78, 5) is 14.0. The lowest BCUT2D eigenvalue weighted by molar-refractivity contribution is -0.138. The number of aryl methyl sites for hydroxylation is 1. The Morgan fingerprint density at radius 3 is 2.78 bits per heavy atom. The molecule has 0 bridgehead atoms. The van der Waals surface area contributed by atoms with Crippen LogP contribution in [0.1, 0.15) is 12.5 Å². The Balaban J connectivity index is 1.94. The normalized spacial score (nSPS) is 17.3. The molecule has 1 N–H and O–H groups in total. The van der Waals surface area contributed by atoms with Gasteiger partial charge in [-0.2, -0.15) is 0 Å². The van der Waals surface area contributed by atoms with Gasteiger partial charge in [0.2, 0.25) is 0 Å². The third kappa shape index (κ3) is 3.23. The van der Waals surface area contributed by atoms with Gasteiger partial charge in [0.05, 0.1) is 0 Å². The summed E-state index contributed by atoms with van der Waals surface area (Å²) in [5.41, 5.74) is 1.13. The smallest absolute Gasteiger partial charge is 0.263 e. The van der Waals surface area contributed by atoms with Crippen molar-refractivity contribution in [1.29, 1.82) is 0 Å². The van der Waals surface area contributed by atoms with Gasteiger partial charge >= 0.3 is 0 Å². The molecule has 18 heavy (non-hydrogen) atoms. The maximum absolute atomic E-state index is 12.2. The first-order valence-electron chi connectivity index (χ1n) is 6.39. The van der Waals surface area contributed by atoms with E-state index in [1.807, 2.05) is 43.0 Å². The number of hydrogen-bond donors (Lipinski definition) is 1. The zero-order valence-corrected chi connectivity index (χ0v) is 11.0. The van der Waals surface area contributed by atoms with Gasteiger partial charge in [0.15, 0.2) is 6.10 Å². The topological polar surface area (TPSA) is 41.6 Å². The molecule has 98 valence electrons. The Morgan fingerprint density at radius 2 is 2.11 bits per heavy atom. The van der Waals surface area contributed by atoms with Crippen LogP contribution in [0.5, 0.6) is 5.75 Å². The number of carbonyl (C=O) groups excluding carboxylic acids is 1. The number of hydrogen-bond acceptors (Lipinski definition) is 3. The maximum Gasteiger partial charge on any atom is 0.263 e. The van der Waals surface area contributed by atoms with Crippen LogP contribution in [-0.2, 0) is 4.79 Å². The third-order valence-electron chi connectivity index (χ3n) is 3.08. The summed E-state index contributed by atoms with van der Waals surface area (Å²) in [6.45, 7) is 7.08. The molecule has 1 atom stereocenters. The first-order chi connectivity index (χ1) is 8.66. The highest BCUT2D eigenvalue weighted by atomic mass is 16.5. The Labute approximate surface area is 108 Å². The van der Waals surface area contributed by atoms with Crippen LogP contribution in [0.3, 0.4) is 0 Å². The van der Waals surface area contributed by atoms with Crippen LogP contribution in [0.2, 0.25) is 0 Å². The summed E-state index contributed by atoms with van der Waals surface area (Å²) in [7, 11) is 0.